The Morgan fingerprint density at radius 3 is 3.06 bits per heavy atom. The van der Waals surface area contributed by atoms with Crippen molar-refractivity contribution in [3.05, 3.63) is 12.4 Å². The third kappa shape index (κ3) is 2.61. The quantitative estimate of drug-likeness (QED) is 0.828. The molecule has 1 aliphatic rings. The Morgan fingerprint density at radius 2 is 2.38 bits per heavy atom. The fourth-order valence-electron chi connectivity index (χ4n) is 2.01. The molecule has 88 valence electrons. The number of ether oxygens (including phenoxy) is 1. The molecule has 1 aromatic rings. The van der Waals surface area contributed by atoms with E-state index in [2.05, 4.69) is 14.9 Å². The van der Waals surface area contributed by atoms with E-state index in [-0.39, 0.29) is 0 Å². The molecule has 5 nitrogen and oxygen atoms in total. The maximum atomic E-state index is 5.64. The lowest BCUT2D eigenvalue weighted by atomic mass is 10.1. The average Bonchev–Trinajstić information content (AvgIpc) is 2.31. The highest BCUT2D eigenvalue weighted by Crippen LogP contribution is 2.18. The molecule has 2 rings (SSSR count). The maximum Gasteiger partial charge on any atom is 0.147 e. The number of anilines is 2. The molecule has 1 aromatic heterocycles. The summed E-state index contributed by atoms with van der Waals surface area (Å²) in [6.07, 6.45) is 5.91. The monoisotopic (exact) mass is 222 g/mol. The molecule has 0 amide bonds. The number of aromatic nitrogens is 2. The number of nitrogen functional groups attached to an aromatic ring is 1. The van der Waals surface area contributed by atoms with E-state index in [1.807, 2.05) is 6.92 Å². The van der Waals surface area contributed by atoms with Crippen molar-refractivity contribution in [2.45, 2.75) is 25.9 Å². The second-order valence-corrected chi connectivity index (χ2v) is 3.97. The van der Waals surface area contributed by atoms with Crippen molar-refractivity contribution in [3.8, 4) is 0 Å². The maximum absolute atomic E-state index is 5.64. The zero-order chi connectivity index (χ0) is 11.4. The van der Waals surface area contributed by atoms with Crippen LogP contribution < -0.4 is 10.6 Å². The van der Waals surface area contributed by atoms with Gasteiger partial charge < -0.3 is 15.4 Å². The first-order valence-electron chi connectivity index (χ1n) is 5.73. The van der Waals surface area contributed by atoms with Crippen molar-refractivity contribution < 1.29 is 4.74 Å². The van der Waals surface area contributed by atoms with Gasteiger partial charge in [-0.25, -0.2) is 9.97 Å². The fourth-order valence-corrected chi connectivity index (χ4v) is 2.01. The highest BCUT2D eigenvalue weighted by atomic mass is 16.5. The van der Waals surface area contributed by atoms with Gasteiger partial charge in [-0.2, -0.15) is 0 Å². The predicted octanol–water partition coefficient (Wildman–Crippen LogP) is 1.06. The summed E-state index contributed by atoms with van der Waals surface area (Å²) in [5.74, 6) is 1.35. The number of nitrogens with zero attached hydrogens (tertiary/aromatic N) is 3. The minimum absolute atomic E-state index is 0.318. The molecule has 5 heteroatoms. The van der Waals surface area contributed by atoms with E-state index in [4.69, 9.17) is 10.5 Å². The highest BCUT2D eigenvalue weighted by Gasteiger charge is 2.20. The molecular weight excluding hydrogens is 204 g/mol. The van der Waals surface area contributed by atoms with Crippen LogP contribution in [0.4, 0.5) is 11.6 Å². The highest BCUT2D eigenvalue weighted by molar-refractivity contribution is 5.39. The Balaban J connectivity index is 2.01. The van der Waals surface area contributed by atoms with E-state index < -0.39 is 0 Å². The van der Waals surface area contributed by atoms with Crippen LogP contribution in [0.5, 0.6) is 0 Å². The molecule has 16 heavy (non-hydrogen) atoms. The lowest BCUT2D eigenvalue weighted by molar-refractivity contribution is 0.0525. The smallest absolute Gasteiger partial charge is 0.147 e. The van der Waals surface area contributed by atoms with E-state index in [9.17, 15) is 0 Å². The zero-order valence-electron chi connectivity index (χ0n) is 9.59. The molecule has 1 unspecified atom stereocenters. The SMILES string of the molecule is CCOC1CCCN(c2cnc(N)cn2)C1. The van der Waals surface area contributed by atoms with Crippen LogP contribution in [0.1, 0.15) is 19.8 Å². The molecule has 1 fully saturated rings. The van der Waals surface area contributed by atoms with E-state index in [0.29, 0.717) is 11.9 Å². The summed E-state index contributed by atoms with van der Waals surface area (Å²) in [7, 11) is 0. The van der Waals surface area contributed by atoms with E-state index in [1.54, 1.807) is 12.4 Å². The molecular formula is C11H18N4O. The summed E-state index contributed by atoms with van der Waals surface area (Å²) >= 11 is 0. The molecule has 2 N–H and O–H groups in total. The van der Waals surface area contributed by atoms with Crippen molar-refractivity contribution in [2.75, 3.05) is 30.3 Å². The lowest BCUT2D eigenvalue weighted by Crippen LogP contribution is -2.40. The Hall–Kier alpha value is -1.36. The van der Waals surface area contributed by atoms with Crippen LogP contribution in [-0.4, -0.2) is 35.8 Å². The number of piperidine rings is 1. The molecule has 0 aliphatic carbocycles. The van der Waals surface area contributed by atoms with Gasteiger partial charge in [0.2, 0.25) is 0 Å². The standard InChI is InChI=1S/C11H18N4O/c1-2-16-9-4-3-5-15(8-9)11-7-13-10(12)6-14-11/h6-7,9H,2-5,8H2,1H3,(H2,12,13). The summed E-state index contributed by atoms with van der Waals surface area (Å²) in [5, 5.41) is 0. The number of rotatable bonds is 3. The van der Waals surface area contributed by atoms with Gasteiger partial charge >= 0.3 is 0 Å². The van der Waals surface area contributed by atoms with Gasteiger partial charge in [-0.05, 0) is 19.8 Å². The van der Waals surface area contributed by atoms with Gasteiger partial charge in [0.1, 0.15) is 11.6 Å². The van der Waals surface area contributed by atoms with Gasteiger partial charge in [0.05, 0.1) is 18.5 Å². The van der Waals surface area contributed by atoms with Crippen LogP contribution in [0.3, 0.4) is 0 Å². The minimum atomic E-state index is 0.318. The van der Waals surface area contributed by atoms with Crippen LogP contribution in [0.2, 0.25) is 0 Å². The molecule has 1 atom stereocenters. The third-order valence-corrected chi connectivity index (χ3v) is 2.76. The Kier molecular flexibility index (Phi) is 3.56. The average molecular weight is 222 g/mol. The second-order valence-electron chi connectivity index (χ2n) is 3.97. The van der Waals surface area contributed by atoms with Crippen molar-refractivity contribution in [3.63, 3.8) is 0 Å². The van der Waals surface area contributed by atoms with E-state index in [0.717, 1.165) is 38.4 Å². The van der Waals surface area contributed by atoms with Crippen LogP contribution in [0, 0.1) is 0 Å². The fraction of sp³-hybridized carbons (Fsp3) is 0.636. The van der Waals surface area contributed by atoms with E-state index in [1.165, 1.54) is 0 Å². The van der Waals surface area contributed by atoms with Crippen molar-refractivity contribution >= 4 is 11.6 Å². The van der Waals surface area contributed by atoms with Gasteiger partial charge in [0.25, 0.3) is 0 Å². The number of hydrogen-bond donors (Lipinski definition) is 1. The summed E-state index contributed by atoms with van der Waals surface area (Å²) in [4.78, 5) is 10.5. The molecule has 2 heterocycles. The van der Waals surface area contributed by atoms with Crippen LogP contribution in [0.25, 0.3) is 0 Å². The molecule has 0 saturated carbocycles. The second kappa shape index (κ2) is 5.12. The molecule has 0 spiro atoms. The van der Waals surface area contributed by atoms with Crippen LogP contribution in [-0.2, 0) is 4.74 Å². The van der Waals surface area contributed by atoms with Crippen molar-refractivity contribution in [2.24, 2.45) is 0 Å². The molecule has 0 aromatic carbocycles. The Labute approximate surface area is 95.6 Å². The van der Waals surface area contributed by atoms with Gasteiger partial charge in [-0.3, -0.25) is 0 Å². The normalized spacial score (nSPS) is 21.1. The largest absolute Gasteiger partial charge is 0.382 e. The first-order chi connectivity index (χ1) is 7.79. The molecule has 0 bridgehead atoms. The Morgan fingerprint density at radius 1 is 1.50 bits per heavy atom. The molecule has 1 saturated heterocycles. The van der Waals surface area contributed by atoms with Crippen molar-refractivity contribution in [1.29, 1.82) is 0 Å². The van der Waals surface area contributed by atoms with Crippen molar-refractivity contribution in [1.82, 2.24) is 9.97 Å². The summed E-state index contributed by atoms with van der Waals surface area (Å²) in [6, 6.07) is 0. The predicted molar refractivity (Wildman–Crippen MR) is 63.3 cm³/mol. The first-order valence-corrected chi connectivity index (χ1v) is 5.73. The Bertz CT molecular complexity index is 325. The van der Waals surface area contributed by atoms with Gasteiger partial charge in [0.15, 0.2) is 0 Å². The topological polar surface area (TPSA) is 64.3 Å². The first kappa shape index (κ1) is 11.1. The van der Waals surface area contributed by atoms with Gasteiger partial charge in [0, 0.05) is 19.7 Å². The van der Waals surface area contributed by atoms with Gasteiger partial charge in [-0.15, -0.1) is 0 Å². The number of hydrogen-bond acceptors (Lipinski definition) is 5. The minimum Gasteiger partial charge on any atom is -0.382 e. The number of nitrogens with two attached hydrogens (primary N) is 1. The summed E-state index contributed by atoms with van der Waals surface area (Å²) in [6.45, 7) is 4.71. The third-order valence-electron chi connectivity index (χ3n) is 2.76. The summed E-state index contributed by atoms with van der Waals surface area (Å²) < 4.78 is 5.64. The van der Waals surface area contributed by atoms with Crippen LogP contribution in [0.15, 0.2) is 12.4 Å². The van der Waals surface area contributed by atoms with E-state index >= 15 is 0 Å². The van der Waals surface area contributed by atoms with Gasteiger partial charge in [-0.1, -0.05) is 0 Å². The lowest BCUT2D eigenvalue weighted by Gasteiger charge is -2.33. The zero-order valence-corrected chi connectivity index (χ0v) is 9.59. The van der Waals surface area contributed by atoms with Crippen LogP contribution >= 0.6 is 0 Å². The molecule has 0 radical (unpaired) electrons. The molecule has 1 aliphatic heterocycles. The summed E-state index contributed by atoms with van der Waals surface area (Å²) in [5.41, 5.74) is 5.51.